The number of aryl methyl sites for hydroxylation is 3. The van der Waals surface area contributed by atoms with Gasteiger partial charge >= 0.3 is 5.97 Å². The molecular formula is C17H19NO2. The van der Waals surface area contributed by atoms with Crippen LogP contribution in [0, 0.1) is 20.8 Å². The first-order valence-electron chi connectivity index (χ1n) is 6.60. The lowest BCUT2D eigenvalue weighted by atomic mass is 10.0. The van der Waals surface area contributed by atoms with Crippen molar-refractivity contribution in [3.63, 3.8) is 0 Å². The monoisotopic (exact) mass is 269 g/mol. The van der Waals surface area contributed by atoms with Gasteiger partial charge in [0.15, 0.2) is 6.04 Å². The van der Waals surface area contributed by atoms with Crippen molar-refractivity contribution in [1.82, 2.24) is 0 Å². The summed E-state index contributed by atoms with van der Waals surface area (Å²) in [6.45, 7) is 5.98. The van der Waals surface area contributed by atoms with E-state index in [-0.39, 0.29) is 0 Å². The molecule has 3 nitrogen and oxygen atoms in total. The highest BCUT2D eigenvalue weighted by Gasteiger charge is 2.19. The molecule has 2 aromatic rings. The number of carboxylic acids is 1. The van der Waals surface area contributed by atoms with Gasteiger partial charge in [0.1, 0.15) is 0 Å². The van der Waals surface area contributed by atoms with Crippen molar-refractivity contribution in [2.24, 2.45) is 0 Å². The van der Waals surface area contributed by atoms with Crippen LogP contribution in [-0.2, 0) is 4.79 Å². The van der Waals surface area contributed by atoms with Crippen LogP contribution in [0.4, 0.5) is 5.69 Å². The fourth-order valence-corrected chi connectivity index (χ4v) is 2.27. The van der Waals surface area contributed by atoms with E-state index < -0.39 is 12.0 Å². The zero-order chi connectivity index (χ0) is 14.7. The highest BCUT2D eigenvalue weighted by Crippen LogP contribution is 2.22. The molecule has 0 heterocycles. The van der Waals surface area contributed by atoms with E-state index in [1.807, 2.05) is 57.2 Å². The Hall–Kier alpha value is -2.29. The zero-order valence-electron chi connectivity index (χ0n) is 12.0. The summed E-state index contributed by atoms with van der Waals surface area (Å²) in [4.78, 5) is 11.5. The molecule has 2 N–H and O–H groups in total. The summed E-state index contributed by atoms with van der Waals surface area (Å²) < 4.78 is 0. The van der Waals surface area contributed by atoms with Crippen LogP contribution in [0.3, 0.4) is 0 Å². The van der Waals surface area contributed by atoms with Gasteiger partial charge in [-0.15, -0.1) is 0 Å². The molecule has 0 aromatic heterocycles. The molecule has 0 bridgehead atoms. The largest absolute Gasteiger partial charge is 0.479 e. The van der Waals surface area contributed by atoms with Gasteiger partial charge in [-0.3, -0.25) is 0 Å². The van der Waals surface area contributed by atoms with E-state index in [9.17, 15) is 9.90 Å². The lowest BCUT2D eigenvalue weighted by molar-refractivity contribution is -0.138. The van der Waals surface area contributed by atoms with Gasteiger partial charge in [0.2, 0.25) is 0 Å². The summed E-state index contributed by atoms with van der Waals surface area (Å²) in [6, 6.07) is 12.8. The van der Waals surface area contributed by atoms with Crippen molar-refractivity contribution in [1.29, 1.82) is 0 Å². The maximum atomic E-state index is 11.5. The van der Waals surface area contributed by atoms with Crippen LogP contribution in [-0.4, -0.2) is 11.1 Å². The fourth-order valence-electron chi connectivity index (χ4n) is 2.27. The molecule has 0 fully saturated rings. The summed E-state index contributed by atoms with van der Waals surface area (Å²) in [5.41, 5.74) is 4.92. The number of nitrogens with one attached hydrogen (secondary N) is 1. The summed E-state index contributed by atoms with van der Waals surface area (Å²) in [5.74, 6) is -0.881. The molecule has 2 rings (SSSR count). The number of rotatable bonds is 4. The topological polar surface area (TPSA) is 49.3 Å². The third kappa shape index (κ3) is 3.38. The quantitative estimate of drug-likeness (QED) is 0.886. The molecule has 0 aliphatic rings. The Morgan fingerprint density at radius 2 is 1.50 bits per heavy atom. The second kappa shape index (κ2) is 5.78. The predicted octanol–water partition coefficient (Wildman–Crippen LogP) is 3.85. The average Bonchev–Trinajstić information content (AvgIpc) is 2.36. The van der Waals surface area contributed by atoms with Crippen LogP contribution < -0.4 is 5.32 Å². The van der Waals surface area contributed by atoms with E-state index in [1.165, 1.54) is 0 Å². The highest BCUT2D eigenvalue weighted by atomic mass is 16.4. The predicted molar refractivity (Wildman–Crippen MR) is 81.1 cm³/mol. The third-order valence-electron chi connectivity index (χ3n) is 3.19. The van der Waals surface area contributed by atoms with E-state index in [1.54, 1.807) is 0 Å². The number of aliphatic carboxylic acids is 1. The first kappa shape index (κ1) is 14.1. The molecular weight excluding hydrogens is 250 g/mol. The van der Waals surface area contributed by atoms with Gasteiger partial charge < -0.3 is 10.4 Å². The van der Waals surface area contributed by atoms with Gasteiger partial charge in [0.05, 0.1) is 0 Å². The van der Waals surface area contributed by atoms with E-state index in [2.05, 4.69) is 11.4 Å². The Morgan fingerprint density at radius 3 is 2.00 bits per heavy atom. The number of benzene rings is 2. The maximum absolute atomic E-state index is 11.5. The van der Waals surface area contributed by atoms with E-state index >= 15 is 0 Å². The number of carbonyl (C=O) groups is 1. The summed E-state index contributed by atoms with van der Waals surface area (Å²) in [6.07, 6.45) is 0. The first-order valence-corrected chi connectivity index (χ1v) is 6.60. The smallest absolute Gasteiger partial charge is 0.330 e. The molecule has 1 atom stereocenters. The molecule has 0 spiro atoms. The van der Waals surface area contributed by atoms with Gasteiger partial charge in [0, 0.05) is 5.69 Å². The standard InChI is InChI=1S/C17H19NO2/c1-11-4-6-14(7-5-11)16(17(19)20)18-15-9-12(2)8-13(3)10-15/h4-10,16,18H,1-3H3,(H,19,20)/t16-/m0/s1. The van der Waals surface area contributed by atoms with Crippen LogP contribution in [0.5, 0.6) is 0 Å². The van der Waals surface area contributed by atoms with Crippen molar-refractivity contribution in [2.45, 2.75) is 26.8 Å². The summed E-state index contributed by atoms with van der Waals surface area (Å²) in [7, 11) is 0. The Morgan fingerprint density at radius 1 is 0.950 bits per heavy atom. The minimum Gasteiger partial charge on any atom is -0.479 e. The van der Waals surface area contributed by atoms with Gasteiger partial charge in [0.25, 0.3) is 0 Å². The van der Waals surface area contributed by atoms with E-state index in [0.29, 0.717) is 0 Å². The van der Waals surface area contributed by atoms with Crippen molar-refractivity contribution < 1.29 is 9.90 Å². The van der Waals surface area contributed by atoms with Crippen molar-refractivity contribution in [2.75, 3.05) is 5.32 Å². The molecule has 0 aliphatic heterocycles. The molecule has 0 saturated carbocycles. The fraction of sp³-hybridized carbons (Fsp3) is 0.235. The Balaban J connectivity index is 2.30. The molecule has 0 amide bonds. The van der Waals surface area contributed by atoms with Crippen LogP contribution in [0.1, 0.15) is 28.3 Å². The third-order valence-corrected chi connectivity index (χ3v) is 3.19. The van der Waals surface area contributed by atoms with Crippen molar-refractivity contribution >= 4 is 11.7 Å². The summed E-state index contributed by atoms with van der Waals surface area (Å²) in [5, 5.41) is 12.5. The minimum absolute atomic E-state index is 0.739. The zero-order valence-corrected chi connectivity index (χ0v) is 12.0. The molecule has 2 aromatic carbocycles. The van der Waals surface area contributed by atoms with Crippen LogP contribution in [0.2, 0.25) is 0 Å². The lowest BCUT2D eigenvalue weighted by Gasteiger charge is -2.17. The van der Waals surface area contributed by atoms with E-state index in [0.717, 1.165) is 27.9 Å². The van der Waals surface area contributed by atoms with Crippen LogP contribution in [0.25, 0.3) is 0 Å². The second-order valence-electron chi connectivity index (χ2n) is 5.20. The Kier molecular flexibility index (Phi) is 4.08. The van der Waals surface area contributed by atoms with Crippen LogP contribution >= 0.6 is 0 Å². The number of hydrogen-bond acceptors (Lipinski definition) is 2. The Bertz CT molecular complexity index is 597. The molecule has 0 saturated heterocycles. The Labute approximate surface area is 119 Å². The molecule has 3 heteroatoms. The molecule has 0 unspecified atom stereocenters. The molecule has 0 radical (unpaired) electrons. The molecule has 20 heavy (non-hydrogen) atoms. The van der Waals surface area contributed by atoms with Crippen molar-refractivity contribution in [3.8, 4) is 0 Å². The summed E-state index contributed by atoms with van der Waals surface area (Å²) >= 11 is 0. The normalized spacial score (nSPS) is 11.9. The maximum Gasteiger partial charge on any atom is 0.330 e. The highest BCUT2D eigenvalue weighted by molar-refractivity contribution is 5.79. The SMILES string of the molecule is Cc1ccc([C@H](Nc2cc(C)cc(C)c2)C(=O)O)cc1. The van der Waals surface area contributed by atoms with Gasteiger partial charge in [-0.05, 0) is 49.6 Å². The first-order chi connectivity index (χ1) is 9.45. The average molecular weight is 269 g/mol. The van der Waals surface area contributed by atoms with E-state index in [4.69, 9.17) is 0 Å². The second-order valence-corrected chi connectivity index (χ2v) is 5.20. The van der Waals surface area contributed by atoms with Crippen molar-refractivity contribution in [3.05, 3.63) is 64.7 Å². The van der Waals surface area contributed by atoms with Crippen LogP contribution in [0.15, 0.2) is 42.5 Å². The van der Waals surface area contributed by atoms with Gasteiger partial charge in [-0.2, -0.15) is 0 Å². The lowest BCUT2D eigenvalue weighted by Crippen LogP contribution is -2.20. The number of carboxylic acid groups (broad SMARTS) is 1. The minimum atomic E-state index is -0.881. The molecule has 0 aliphatic carbocycles. The number of hydrogen-bond donors (Lipinski definition) is 2. The number of anilines is 1. The molecule has 104 valence electrons. The van der Waals surface area contributed by atoms with Gasteiger partial charge in [-0.1, -0.05) is 35.9 Å². The van der Waals surface area contributed by atoms with Gasteiger partial charge in [-0.25, -0.2) is 4.79 Å².